The van der Waals surface area contributed by atoms with Gasteiger partial charge in [-0.2, -0.15) is 5.10 Å². The second-order valence-corrected chi connectivity index (χ2v) is 3.65. The largest absolute Gasteiger partial charge is 0.481 e. The summed E-state index contributed by atoms with van der Waals surface area (Å²) in [6.07, 6.45) is 2.95. The van der Waals surface area contributed by atoms with E-state index in [1.165, 1.54) is 11.1 Å². The molecule has 94 valence electrons. The van der Waals surface area contributed by atoms with E-state index in [0.29, 0.717) is 12.2 Å². The fourth-order valence-electron chi connectivity index (χ4n) is 1.53. The highest BCUT2D eigenvalue weighted by molar-refractivity contribution is 5.89. The van der Waals surface area contributed by atoms with Crippen LogP contribution in [0.4, 0.5) is 10.5 Å². The fraction of sp³-hybridized carbons (Fsp3) is 0.500. The lowest BCUT2D eigenvalue weighted by Gasteiger charge is -2.26. The predicted octanol–water partition coefficient (Wildman–Crippen LogP) is 1.13. The van der Waals surface area contributed by atoms with Gasteiger partial charge in [-0.3, -0.25) is 9.89 Å². The molecule has 0 fully saturated rings. The van der Waals surface area contributed by atoms with Gasteiger partial charge in [0.25, 0.3) is 0 Å². The maximum Gasteiger partial charge on any atom is 0.322 e. The molecule has 1 atom stereocenters. The van der Waals surface area contributed by atoms with Gasteiger partial charge >= 0.3 is 12.0 Å². The van der Waals surface area contributed by atoms with E-state index in [9.17, 15) is 9.59 Å². The van der Waals surface area contributed by atoms with E-state index < -0.39 is 5.97 Å². The standard InChI is InChI=1S/C10H16N4O3/c1-3-14(7(2)4-9(15)16)10(17)13-8-5-11-12-6-8/h5-7H,3-4H2,1-2H3,(H,11,12)(H,13,17)(H,15,16). The first-order chi connectivity index (χ1) is 8.04. The molecule has 0 aliphatic rings. The van der Waals surface area contributed by atoms with Gasteiger partial charge in [-0.1, -0.05) is 0 Å². The molecule has 1 rings (SSSR count). The van der Waals surface area contributed by atoms with Crippen molar-refractivity contribution in [1.82, 2.24) is 15.1 Å². The number of carboxylic acid groups (broad SMARTS) is 1. The number of rotatable bonds is 5. The van der Waals surface area contributed by atoms with Crippen molar-refractivity contribution in [2.75, 3.05) is 11.9 Å². The van der Waals surface area contributed by atoms with Gasteiger partial charge in [0.05, 0.1) is 18.3 Å². The molecule has 0 radical (unpaired) electrons. The summed E-state index contributed by atoms with van der Waals surface area (Å²) in [6, 6.07) is -0.688. The van der Waals surface area contributed by atoms with E-state index in [-0.39, 0.29) is 18.5 Å². The molecular weight excluding hydrogens is 224 g/mol. The van der Waals surface area contributed by atoms with E-state index in [0.717, 1.165) is 0 Å². The highest BCUT2D eigenvalue weighted by Crippen LogP contribution is 2.08. The average molecular weight is 240 g/mol. The molecule has 17 heavy (non-hydrogen) atoms. The van der Waals surface area contributed by atoms with Crippen molar-refractivity contribution in [1.29, 1.82) is 0 Å². The third-order valence-electron chi connectivity index (χ3n) is 2.35. The Kier molecular flexibility index (Phi) is 4.50. The van der Waals surface area contributed by atoms with Gasteiger partial charge in [0.1, 0.15) is 0 Å². The van der Waals surface area contributed by atoms with Crippen molar-refractivity contribution in [2.45, 2.75) is 26.3 Å². The number of hydrogen-bond acceptors (Lipinski definition) is 3. The van der Waals surface area contributed by atoms with Gasteiger partial charge in [0.2, 0.25) is 0 Å². The lowest BCUT2D eigenvalue weighted by atomic mass is 10.2. The molecule has 7 heteroatoms. The molecule has 0 saturated heterocycles. The highest BCUT2D eigenvalue weighted by Gasteiger charge is 2.20. The van der Waals surface area contributed by atoms with Crippen LogP contribution in [0.1, 0.15) is 20.3 Å². The van der Waals surface area contributed by atoms with Gasteiger partial charge in [0.15, 0.2) is 0 Å². The molecule has 0 aromatic carbocycles. The molecule has 0 spiro atoms. The quantitative estimate of drug-likeness (QED) is 0.718. The van der Waals surface area contributed by atoms with Crippen molar-refractivity contribution in [3.05, 3.63) is 12.4 Å². The van der Waals surface area contributed by atoms with Crippen LogP contribution in [0, 0.1) is 0 Å². The van der Waals surface area contributed by atoms with Crippen LogP contribution in [0.3, 0.4) is 0 Å². The van der Waals surface area contributed by atoms with E-state index in [4.69, 9.17) is 5.11 Å². The lowest BCUT2D eigenvalue weighted by molar-refractivity contribution is -0.137. The zero-order valence-corrected chi connectivity index (χ0v) is 9.80. The topological polar surface area (TPSA) is 98.3 Å². The first-order valence-corrected chi connectivity index (χ1v) is 5.32. The van der Waals surface area contributed by atoms with Crippen LogP contribution in [0.5, 0.6) is 0 Å². The van der Waals surface area contributed by atoms with Crippen LogP contribution >= 0.6 is 0 Å². The Bertz CT molecular complexity index is 377. The first kappa shape index (κ1) is 13.0. The van der Waals surface area contributed by atoms with Crippen molar-refractivity contribution in [3.63, 3.8) is 0 Å². The summed E-state index contributed by atoms with van der Waals surface area (Å²) in [5, 5.41) is 17.6. The van der Waals surface area contributed by atoms with Crippen LogP contribution in [-0.4, -0.2) is 44.8 Å². The summed E-state index contributed by atoms with van der Waals surface area (Å²) in [4.78, 5) is 23.9. The Morgan fingerprint density at radius 3 is 2.82 bits per heavy atom. The molecule has 1 heterocycles. The molecule has 0 aliphatic heterocycles. The van der Waals surface area contributed by atoms with E-state index in [1.807, 2.05) is 0 Å². The minimum absolute atomic E-state index is 0.0767. The van der Waals surface area contributed by atoms with Gasteiger partial charge in [-0.15, -0.1) is 0 Å². The number of urea groups is 1. The Hall–Kier alpha value is -2.05. The number of hydrogen-bond donors (Lipinski definition) is 3. The minimum atomic E-state index is -0.924. The van der Waals surface area contributed by atoms with Crippen LogP contribution in [0.15, 0.2) is 12.4 Å². The van der Waals surface area contributed by atoms with Crippen molar-refractivity contribution in [2.24, 2.45) is 0 Å². The first-order valence-electron chi connectivity index (χ1n) is 5.32. The molecule has 3 N–H and O–H groups in total. The van der Waals surface area contributed by atoms with Gasteiger partial charge in [-0.05, 0) is 13.8 Å². The molecule has 0 bridgehead atoms. The van der Waals surface area contributed by atoms with Crippen molar-refractivity contribution < 1.29 is 14.7 Å². The number of nitrogens with one attached hydrogen (secondary N) is 2. The van der Waals surface area contributed by atoms with Crippen molar-refractivity contribution >= 4 is 17.7 Å². The molecule has 0 aliphatic carbocycles. The van der Waals surface area contributed by atoms with Gasteiger partial charge < -0.3 is 15.3 Å². The Morgan fingerprint density at radius 2 is 2.35 bits per heavy atom. The number of amides is 2. The molecule has 1 aromatic rings. The minimum Gasteiger partial charge on any atom is -0.481 e. The van der Waals surface area contributed by atoms with Gasteiger partial charge in [0, 0.05) is 18.8 Å². The molecule has 7 nitrogen and oxygen atoms in total. The number of carbonyl (C=O) groups is 2. The summed E-state index contributed by atoms with van der Waals surface area (Å²) in [7, 11) is 0. The number of aromatic nitrogens is 2. The Morgan fingerprint density at radius 1 is 1.65 bits per heavy atom. The second kappa shape index (κ2) is 5.88. The van der Waals surface area contributed by atoms with Crippen LogP contribution in [0.25, 0.3) is 0 Å². The number of H-pyrrole nitrogens is 1. The average Bonchev–Trinajstić information content (AvgIpc) is 2.70. The summed E-state index contributed by atoms with van der Waals surface area (Å²) in [5.41, 5.74) is 0.552. The Balaban J connectivity index is 2.60. The molecule has 1 aromatic heterocycles. The number of carbonyl (C=O) groups excluding carboxylic acids is 1. The van der Waals surface area contributed by atoms with Crippen LogP contribution in [-0.2, 0) is 4.79 Å². The van der Waals surface area contributed by atoms with E-state index in [2.05, 4.69) is 15.5 Å². The zero-order valence-electron chi connectivity index (χ0n) is 9.80. The third kappa shape index (κ3) is 3.78. The lowest BCUT2D eigenvalue weighted by Crippen LogP contribution is -2.42. The van der Waals surface area contributed by atoms with Gasteiger partial charge in [-0.25, -0.2) is 4.79 Å². The summed E-state index contributed by atoms with van der Waals surface area (Å²) in [5.74, 6) is -0.924. The third-order valence-corrected chi connectivity index (χ3v) is 2.35. The highest BCUT2D eigenvalue weighted by atomic mass is 16.4. The number of aromatic amines is 1. The molecule has 0 saturated carbocycles. The second-order valence-electron chi connectivity index (χ2n) is 3.65. The van der Waals surface area contributed by atoms with Crippen LogP contribution < -0.4 is 5.32 Å². The normalized spacial score (nSPS) is 11.9. The zero-order chi connectivity index (χ0) is 12.8. The SMILES string of the molecule is CCN(C(=O)Nc1cn[nH]c1)C(C)CC(=O)O. The van der Waals surface area contributed by atoms with Crippen LogP contribution in [0.2, 0.25) is 0 Å². The van der Waals surface area contributed by atoms with E-state index in [1.54, 1.807) is 20.0 Å². The number of aliphatic carboxylic acids is 1. The summed E-state index contributed by atoms with van der Waals surface area (Å²) >= 11 is 0. The number of anilines is 1. The number of nitrogens with zero attached hydrogens (tertiary/aromatic N) is 2. The summed E-state index contributed by atoms with van der Waals surface area (Å²) < 4.78 is 0. The maximum absolute atomic E-state index is 11.8. The molecule has 1 unspecified atom stereocenters. The predicted molar refractivity (Wildman–Crippen MR) is 61.7 cm³/mol. The Labute approximate surface area is 98.8 Å². The monoisotopic (exact) mass is 240 g/mol. The molecule has 2 amide bonds. The molecular formula is C10H16N4O3. The maximum atomic E-state index is 11.8. The smallest absolute Gasteiger partial charge is 0.322 e. The number of carboxylic acids is 1. The summed E-state index contributed by atoms with van der Waals surface area (Å²) in [6.45, 7) is 3.94. The van der Waals surface area contributed by atoms with Crippen molar-refractivity contribution in [3.8, 4) is 0 Å². The fourth-order valence-corrected chi connectivity index (χ4v) is 1.53. The van der Waals surface area contributed by atoms with E-state index >= 15 is 0 Å².